The average molecular weight is 393 g/mol. The van der Waals surface area contributed by atoms with Gasteiger partial charge in [0.1, 0.15) is 5.82 Å². The number of rotatable bonds is 5. The first-order valence-electron chi connectivity index (χ1n) is 6.02. The van der Waals surface area contributed by atoms with Crippen LogP contribution in [0.1, 0.15) is 17.8 Å². The molecule has 1 atom stereocenters. The highest BCUT2D eigenvalue weighted by Crippen LogP contribution is 2.29. The molecule has 1 aromatic carbocycles. The first-order valence-corrected chi connectivity index (χ1v) is 9.59. The van der Waals surface area contributed by atoms with Crippen molar-refractivity contribution in [2.24, 2.45) is 0 Å². The second-order valence-electron chi connectivity index (χ2n) is 4.60. The number of sulfonamides is 1. The van der Waals surface area contributed by atoms with Crippen molar-refractivity contribution in [2.75, 3.05) is 16.3 Å². The van der Waals surface area contributed by atoms with Crippen molar-refractivity contribution in [3.05, 3.63) is 44.8 Å². The quantitative estimate of drug-likeness (QED) is 0.801. The molecule has 114 valence electrons. The van der Waals surface area contributed by atoms with E-state index in [2.05, 4.69) is 26.0 Å². The molecule has 1 aromatic heterocycles. The van der Waals surface area contributed by atoms with Gasteiger partial charge in [0, 0.05) is 20.4 Å². The van der Waals surface area contributed by atoms with E-state index in [1.54, 1.807) is 17.4 Å². The summed E-state index contributed by atoms with van der Waals surface area (Å²) in [5, 5.41) is 5.19. The third kappa shape index (κ3) is 4.69. The fourth-order valence-corrected chi connectivity index (χ4v) is 3.78. The summed E-state index contributed by atoms with van der Waals surface area (Å²) in [6.45, 7) is 1.98. The maximum atomic E-state index is 13.6. The van der Waals surface area contributed by atoms with Crippen LogP contribution < -0.4 is 10.0 Å². The number of nitrogens with one attached hydrogen (secondary N) is 2. The van der Waals surface area contributed by atoms with Gasteiger partial charge in [-0.15, -0.1) is 11.3 Å². The fourth-order valence-electron chi connectivity index (χ4n) is 1.77. The van der Waals surface area contributed by atoms with Gasteiger partial charge in [0.25, 0.3) is 0 Å². The Balaban J connectivity index is 2.19. The minimum Gasteiger partial charge on any atom is -0.378 e. The minimum atomic E-state index is -3.52. The molecular formula is C13H14BrFN2O2S2. The van der Waals surface area contributed by atoms with E-state index < -0.39 is 15.8 Å². The third-order valence-corrected chi connectivity index (χ3v) is 5.13. The lowest BCUT2D eigenvalue weighted by Gasteiger charge is -2.15. The zero-order valence-corrected chi connectivity index (χ0v) is 14.6. The van der Waals surface area contributed by atoms with Crippen molar-refractivity contribution in [3.8, 4) is 0 Å². The lowest BCUT2D eigenvalue weighted by atomic mass is 10.2. The van der Waals surface area contributed by atoms with Crippen LogP contribution in [0, 0.1) is 5.82 Å². The van der Waals surface area contributed by atoms with E-state index in [9.17, 15) is 12.8 Å². The Kier molecular flexibility index (Phi) is 4.90. The van der Waals surface area contributed by atoms with E-state index in [4.69, 9.17) is 0 Å². The monoisotopic (exact) mass is 392 g/mol. The molecule has 1 heterocycles. The SMILES string of the molecule is CC(Nc1ccc(F)c(NS(C)(=O)=O)c1)c1cc(Br)cs1. The molecule has 0 aliphatic rings. The van der Waals surface area contributed by atoms with Crippen LogP contribution >= 0.6 is 27.3 Å². The van der Waals surface area contributed by atoms with Crippen molar-refractivity contribution in [3.63, 3.8) is 0 Å². The predicted octanol–water partition coefficient (Wildman–Crippen LogP) is 4.19. The van der Waals surface area contributed by atoms with Gasteiger partial charge in [-0.05, 0) is 47.1 Å². The Bertz CT molecular complexity index is 746. The molecule has 0 aliphatic heterocycles. The highest BCUT2D eigenvalue weighted by atomic mass is 79.9. The summed E-state index contributed by atoms with van der Waals surface area (Å²) in [7, 11) is -3.52. The van der Waals surface area contributed by atoms with Crippen molar-refractivity contribution in [1.82, 2.24) is 0 Å². The molecule has 0 aliphatic carbocycles. The van der Waals surface area contributed by atoms with E-state index in [1.807, 2.05) is 18.4 Å². The molecule has 0 spiro atoms. The molecule has 4 nitrogen and oxygen atoms in total. The van der Waals surface area contributed by atoms with Gasteiger partial charge in [0.15, 0.2) is 0 Å². The van der Waals surface area contributed by atoms with Crippen LogP contribution in [0.15, 0.2) is 34.1 Å². The summed E-state index contributed by atoms with van der Waals surface area (Å²) in [6.07, 6.45) is 0.984. The van der Waals surface area contributed by atoms with Gasteiger partial charge in [-0.1, -0.05) is 0 Å². The number of anilines is 2. The van der Waals surface area contributed by atoms with Gasteiger partial charge in [0.05, 0.1) is 18.0 Å². The molecule has 2 N–H and O–H groups in total. The second kappa shape index (κ2) is 6.33. The van der Waals surface area contributed by atoms with Gasteiger partial charge in [-0.25, -0.2) is 12.8 Å². The molecule has 0 saturated heterocycles. The lowest BCUT2D eigenvalue weighted by Crippen LogP contribution is -2.12. The number of hydrogen-bond donors (Lipinski definition) is 2. The Hall–Kier alpha value is -1.12. The van der Waals surface area contributed by atoms with E-state index in [-0.39, 0.29) is 11.7 Å². The topological polar surface area (TPSA) is 58.2 Å². The maximum Gasteiger partial charge on any atom is 0.229 e. The van der Waals surface area contributed by atoms with E-state index in [0.717, 1.165) is 15.6 Å². The zero-order valence-electron chi connectivity index (χ0n) is 11.4. The van der Waals surface area contributed by atoms with Gasteiger partial charge in [-0.3, -0.25) is 4.72 Å². The molecule has 8 heteroatoms. The Morgan fingerprint density at radius 1 is 1.33 bits per heavy atom. The van der Waals surface area contributed by atoms with Crippen LogP contribution in [0.4, 0.5) is 15.8 Å². The third-order valence-electron chi connectivity index (χ3n) is 2.66. The number of hydrogen-bond acceptors (Lipinski definition) is 4. The molecule has 0 bridgehead atoms. The summed E-state index contributed by atoms with van der Waals surface area (Å²) >= 11 is 5.00. The van der Waals surface area contributed by atoms with Crippen LogP contribution in [0.25, 0.3) is 0 Å². The maximum absolute atomic E-state index is 13.6. The summed E-state index contributed by atoms with van der Waals surface area (Å²) in [6, 6.07) is 6.27. The highest BCUT2D eigenvalue weighted by molar-refractivity contribution is 9.10. The van der Waals surface area contributed by atoms with Crippen molar-refractivity contribution in [2.45, 2.75) is 13.0 Å². The Morgan fingerprint density at radius 2 is 2.05 bits per heavy atom. The van der Waals surface area contributed by atoms with Crippen molar-refractivity contribution < 1.29 is 12.8 Å². The fraction of sp³-hybridized carbons (Fsp3) is 0.231. The highest BCUT2D eigenvalue weighted by Gasteiger charge is 2.11. The Labute approximate surface area is 135 Å². The first kappa shape index (κ1) is 16.3. The first-order chi connectivity index (χ1) is 9.74. The smallest absolute Gasteiger partial charge is 0.229 e. The molecular weight excluding hydrogens is 379 g/mol. The molecule has 0 radical (unpaired) electrons. The van der Waals surface area contributed by atoms with Gasteiger partial charge in [0.2, 0.25) is 10.0 Å². The van der Waals surface area contributed by atoms with Crippen LogP contribution in [0.5, 0.6) is 0 Å². The standard InChI is InChI=1S/C13H14BrFN2O2S2/c1-8(13-5-9(14)7-20-13)16-10-3-4-11(15)12(6-10)17-21(2,18)19/h3-8,16-17H,1-2H3. The number of benzene rings is 1. The molecule has 0 fully saturated rings. The molecule has 0 saturated carbocycles. The van der Waals surface area contributed by atoms with Gasteiger partial charge >= 0.3 is 0 Å². The van der Waals surface area contributed by atoms with E-state index >= 15 is 0 Å². The van der Waals surface area contributed by atoms with Crippen LogP contribution in [0.3, 0.4) is 0 Å². The zero-order chi connectivity index (χ0) is 15.6. The van der Waals surface area contributed by atoms with E-state index in [0.29, 0.717) is 5.69 Å². The summed E-state index contributed by atoms with van der Waals surface area (Å²) in [4.78, 5) is 1.11. The van der Waals surface area contributed by atoms with Gasteiger partial charge < -0.3 is 5.32 Å². The van der Waals surface area contributed by atoms with Crippen LogP contribution in [-0.4, -0.2) is 14.7 Å². The van der Waals surface area contributed by atoms with Gasteiger partial charge in [-0.2, -0.15) is 0 Å². The molecule has 1 unspecified atom stereocenters. The Morgan fingerprint density at radius 3 is 2.62 bits per heavy atom. The molecule has 2 aromatic rings. The number of thiophene rings is 1. The largest absolute Gasteiger partial charge is 0.378 e. The predicted molar refractivity (Wildman–Crippen MR) is 88.9 cm³/mol. The van der Waals surface area contributed by atoms with E-state index in [1.165, 1.54) is 12.1 Å². The lowest BCUT2D eigenvalue weighted by molar-refractivity contribution is 0.604. The molecule has 0 amide bonds. The summed E-state index contributed by atoms with van der Waals surface area (Å²) < 4.78 is 39.2. The number of halogens is 2. The van der Waals surface area contributed by atoms with Crippen LogP contribution in [0.2, 0.25) is 0 Å². The summed E-state index contributed by atoms with van der Waals surface area (Å²) in [5.41, 5.74) is 0.571. The molecule has 21 heavy (non-hydrogen) atoms. The molecule has 2 rings (SSSR count). The van der Waals surface area contributed by atoms with Crippen molar-refractivity contribution >= 4 is 48.7 Å². The van der Waals surface area contributed by atoms with Crippen molar-refractivity contribution in [1.29, 1.82) is 0 Å². The second-order valence-corrected chi connectivity index (χ2v) is 8.21. The summed E-state index contributed by atoms with van der Waals surface area (Å²) in [5.74, 6) is -0.613. The van der Waals surface area contributed by atoms with Crippen LogP contribution in [-0.2, 0) is 10.0 Å². The average Bonchev–Trinajstić information content (AvgIpc) is 2.78. The minimum absolute atomic E-state index is 0.0258. The normalized spacial score (nSPS) is 13.0.